The summed E-state index contributed by atoms with van der Waals surface area (Å²) < 4.78 is 0. The van der Waals surface area contributed by atoms with Crippen LogP contribution in [0.2, 0.25) is 0 Å². The summed E-state index contributed by atoms with van der Waals surface area (Å²) in [6, 6.07) is 0. The predicted octanol–water partition coefficient (Wildman–Crippen LogP) is 0.489. The second kappa shape index (κ2) is 6.63. The summed E-state index contributed by atoms with van der Waals surface area (Å²) in [5, 5.41) is 10.7. The lowest BCUT2D eigenvalue weighted by atomic mass is 9.82. The smallest absolute Gasteiger partial charge is 0.236 e. The summed E-state index contributed by atoms with van der Waals surface area (Å²) in [6.45, 7) is 15.1. The fraction of sp³-hybridized carbons (Fsp3) is 0.938. The van der Waals surface area contributed by atoms with Gasteiger partial charge in [-0.3, -0.25) is 9.69 Å². The molecule has 1 N–H and O–H groups in total. The minimum Gasteiger partial charge on any atom is -0.387 e. The molecule has 122 valence electrons. The first-order chi connectivity index (χ1) is 9.86. The van der Waals surface area contributed by atoms with Gasteiger partial charge in [0.05, 0.1) is 12.1 Å². The van der Waals surface area contributed by atoms with Crippen LogP contribution in [0.1, 0.15) is 27.7 Å². The first kappa shape index (κ1) is 16.7. The molecule has 2 aliphatic heterocycles. The van der Waals surface area contributed by atoms with Crippen molar-refractivity contribution < 1.29 is 9.90 Å². The Kier molecular flexibility index (Phi) is 5.28. The zero-order valence-electron chi connectivity index (χ0n) is 14.0. The van der Waals surface area contributed by atoms with Gasteiger partial charge >= 0.3 is 0 Å². The normalized spacial score (nSPS) is 32.1. The molecule has 0 aromatic heterocycles. The number of nitrogens with zero attached hydrogens (tertiary/aromatic N) is 3. The number of piperazine rings is 1. The number of hydrogen-bond donors (Lipinski definition) is 1. The molecular weight excluding hydrogens is 266 g/mol. The minimum absolute atomic E-state index is 0.151. The van der Waals surface area contributed by atoms with Gasteiger partial charge in [-0.1, -0.05) is 27.7 Å². The molecular formula is C16H31N3O2. The van der Waals surface area contributed by atoms with E-state index >= 15 is 0 Å². The van der Waals surface area contributed by atoms with E-state index in [1.807, 2.05) is 25.7 Å². The van der Waals surface area contributed by atoms with Crippen LogP contribution in [0.5, 0.6) is 0 Å². The van der Waals surface area contributed by atoms with Gasteiger partial charge in [-0.05, 0) is 12.5 Å². The van der Waals surface area contributed by atoms with E-state index in [0.29, 0.717) is 19.6 Å². The zero-order valence-corrected chi connectivity index (χ0v) is 14.0. The molecule has 0 aromatic rings. The van der Waals surface area contributed by atoms with E-state index in [9.17, 15) is 9.90 Å². The molecule has 0 bridgehead atoms. The van der Waals surface area contributed by atoms with E-state index in [2.05, 4.69) is 16.7 Å². The minimum atomic E-state index is -0.726. The quantitative estimate of drug-likeness (QED) is 0.820. The Labute approximate surface area is 128 Å². The number of carbonyl (C=O) groups excluding carboxylic acids is 1. The Bertz CT molecular complexity index is 367. The van der Waals surface area contributed by atoms with Gasteiger partial charge in [-0.25, -0.2) is 0 Å². The number of amides is 1. The maximum atomic E-state index is 12.5. The lowest BCUT2D eigenvalue weighted by molar-refractivity contribution is -0.133. The van der Waals surface area contributed by atoms with Crippen LogP contribution in [0.4, 0.5) is 0 Å². The van der Waals surface area contributed by atoms with E-state index in [4.69, 9.17) is 0 Å². The molecule has 0 saturated carbocycles. The third-order valence-corrected chi connectivity index (χ3v) is 5.42. The van der Waals surface area contributed by atoms with Crippen molar-refractivity contribution >= 4 is 5.91 Å². The van der Waals surface area contributed by atoms with Crippen LogP contribution >= 0.6 is 0 Å². The molecule has 0 radical (unpaired) electrons. The Hall–Kier alpha value is -0.650. The van der Waals surface area contributed by atoms with Crippen LogP contribution in [0.25, 0.3) is 0 Å². The Morgan fingerprint density at radius 2 is 1.81 bits per heavy atom. The Balaban J connectivity index is 1.85. The van der Waals surface area contributed by atoms with Crippen LogP contribution in [0, 0.1) is 11.8 Å². The van der Waals surface area contributed by atoms with Crippen LogP contribution in [-0.4, -0.2) is 83.7 Å². The van der Waals surface area contributed by atoms with E-state index in [1.54, 1.807) is 0 Å². The standard InChI is InChI=1S/C16H31N3O2/c1-5-17-6-8-18(9-7-17)11-15(20)19-10-14(4)16(21,12-19)13(2)3/h13-14,21H,5-12H2,1-4H3/t14-,16-/m0/s1. The molecule has 2 fully saturated rings. The van der Waals surface area contributed by atoms with Crippen LogP contribution in [-0.2, 0) is 4.79 Å². The molecule has 2 atom stereocenters. The molecule has 5 nitrogen and oxygen atoms in total. The summed E-state index contributed by atoms with van der Waals surface area (Å²) in [5.41, 5.74) is -0.726. The molecule has 1 amide bonds. The van der Waals surface area contributed by atoms with Crippen LogP contribution in [0.15, 0.2) is 0 Å². The Morgan fingerprint density at radius 3 is 2.29 bits per heavy atom. The van der Waals surface area contributed by atoms with E-state index in [-0.39, 0.29) is 17.7 Å². The highest BCUT2D eigenvalue weighted by Gasteiger charge is 2.46. The van der Waals surface area contributed by atoms with Gasteiger partial charge in [0.15, 0.2) is 0 Å². The molecule has 0 aliphatic carbocycles. The number of hydrogen-bond acceptors (Lipinski definition) is 4. The molecule has 5 heteroatoms. The molecule has 0 unspecified atom stereocenters. The number of likely N-dealkylation sites (N-methyl/N-ethyl adjacent to an activating group) is 1. The number of carbonyl (C=O) groups is 1. The second-order valence-electron chi connectivity index (χ2n) is 7.03. The average Bonchev–Trinajstić information content (AvgIpc) is 2.77. The molecule has 21 heavy (non-hydrogen) atoms. The van der Waals surface area contributed by atoms with Crippen molar-refractivity contribution in [1.82, 2.24) is 14.7 Å². The van der Waals surface area contributed by atoms with Gasteiger partial charge in [0, 0.05) is 45.2 Å². The van der Waals surface area contributed by atoms with Gasteiger partial charge in [-0.15, -0.1) is 0 Å². The monoisotopic (exact) mass is 297 g/mol. The summed E-state index contributed by atoms with van der Waals surface area (Å²) in [4.78, 5) is 19.0. The van der Waals surface area contributed by atoms with Gasteiger partial charge in [0.2, 0.25) is 5.91 Å². The van der Waals surface area contributed by atoms with Crippen molar-refractivity contribution in [3.05, 3.63) is 0 Å². The van der Waals surface area contributed by atoms with E-state index in [0.717, 1.165) is 32.7 Å². The van der Waals surface area contributed by atoms with Crippen molar-refractivity contribution in [3.63, 3.8) is 0 Å². The number of β-amino-alcohol motifs (C(OH)–C–C–N with tert-alkyl or cyclic N) is 1. The third kappa shape index (κ3) is 3.58. The van der Waals surface area contributed by atoms with Crippen molar-refractivity contribution in [1.29, 1.82) is 0 Å². The third-order valence-electron chi connectivity index (χ3n) is 5.42. The lowest BCUT2D eigenvalue weighted by Gasteiger charge is -2.34. The number of likely N-dealkylation sites (tertiary alicyclic amines) is 1. The summed E-state index contributed by atoms with van der Waals surface area (Å²) in [6.07, 6.45) is 0. The van der Waals surface area contributed by atoms with Crippen LogP contribution < -0.4 is 0 Å². The highest BCUT2D eigenvalue weighted by atomic mass is 16.3. The van der Waals surface area contributed by atoms with Crippen molar-refractivity contribution in [3.8, 4) is 0 Å². The molecule has 0 aromatic carbocycles. The first-order valence-electron chi connectivity index (χ1n) is 8.31. The Morgan fingerprint density at radius 1 is 1.24 bits per heavy atom. The molecule has 0 spiro atoms. The van der Waals surface area contributed by atoms with Crippen molar-refractivity contribution in [2.45, 2.75) is 33.3 Å². The zero-order chi connectivity index (χ0) is 15.6. The largest absolute Gasteiger partial charge is 0.387 e. The molecule has 2 saturated heterocycles. The second-order valence-corrected chi connectivity index (χ2v) is 7.03. The van der Waals surface area contributed by atoms with Gasteiger partial charge < -0.3 is 14.9 Å². The van der Waals surface area contributed by atoms with Crippen molar-refractivity contribution in [2.24, 2.45) is 11.8 Å². The maximum absolute atomic E-state index is 12.5. The average molecular weight is 297 g/mol. The van der Waals surface area contributed by atoms with Gasteiger partial charge in [0.25, 0.3) is 0 Å². The topological polar surface area (TPSA) is 47.0 Å². The number of aliphatic hydroxyl groups is 1. The van der Waals surface area contributed by atoms with Gasteiger partial charge in [-0.2, -0.15) is 0 Å². The highest BCUT2D eigenvalue weighted by Crippen LogP contribution is 2.33. The summed E-state index contributed by atoms with van der Waals surface area (Å²) >= 11 is 0. The fourth-order valence-corrected chi connectivity index (χ4v) is 3.51. The van der Waals surface area contributed by atoms with Gasteiger partial charge in [0.1, 0.15) is 0 Å². The van der Waals surface area contributed by atoms with Crippen LogP contribution in [0.3, 0.4) is 0 Å². The fourth-order valence-electron chi connectivity index (χ4n) is 3.51. The first-order valence-corrected chi connectivity index (χ1v) is 8.31. The number of rotatable bonds is 4. The van der Waals surface area contributed by atoms with E-state index in [1.165, 1.54) is 0 Å². The summed E-state index contributed by atoms with van der Waals surface area (Å²) in [7, 11) is 0. The van der Waals surface area contributed by atoms with Crippen molar-refractivity contribution in [2.75, 3.05) is 52.4 Å². The van der Waals surface area contributed by atoms with E-state index < -0.39 is 5.60 Å². The predicted molar refractivity (Wildman–Crippen MR) is 84.1 cm³/mol. The SMILES string of the molecule is CCN1CCN(CC(=O)N2C[C@H](C)[C@@](O)(C(C)C)C2)CC1. The highest BCUT2D eigenvalue weighted by molar-refractivity contribution is 5.78. The molecule has 2 rings (SSSR count). The summed E-state index contributed by atoms with van der Waals surface area (Å²) in [5.74, 6) is 0.500. The lowest BCUT2D eigenvalue weighted by Crippen LogP contribution is -2.50. The molecule has 2 aliphatic rings. The molecule has 2 heterocycles. The maximum Gasteiger partial charge on any atom is 0.236 e.